The van der Waals surface area contributed by atoms with Crippen LogP contribution in [0.4, 0.5) is 10.2 Å². The molecule has 0 saturated carbocycles. The van der Waals surface area contributed by atoms with Gasteiger partial charge in [-0.3, -0.25) is 4.98 Å². The van der Waals surface area contributed by atoms with Gasteiger partial charge >= 0.3 is 6.08 Å². The van der Waals surface area contributed by atoms with E-state index in [1.165, 1.54) is 0 Å². The van der Waals surface area contributed by atoms with Crippen molar-refractivity contribution in [1.82, 2.24) is 15.0 Å². The monoisotopic (exact) mass is 334 g/mol. The summed E-state index contributed by atoms with van der Waals surface area (Å²) in [6, 6.07) is 1.82. The molecule has 2 aromatic heterocycles. The van der Waals surface area contributed by atoms with Gasteiger partial charge in [0.05, 0.1) is 29.8 Å². The summed E-state index contributed by atoms with van der Waals surface area (Å²) in [5.41, 5.74) is 2.40. The van der Waals surface area contributed by atoms with E-state index in [0.29, 0.717) is 30.4 Å². The molecule has 2 aromatic rings. The van der Waals surface area contributed by atoms with Crippen molar-refractivity contribution in [2.24, 2.45) is 5.92 Å². The molecule has 0 spiro atoms. The molecule has 1 saturated heterocycles. The summed E-state index contributed by atoms with van der Waals surface area (Å²) in [7, 11) is 0. The van der Waals surface area contributed by atoms with E-state index in [1.807, 2.05) is 33.8 Å². The lowest BCUT2D eigenvalue weighted by atomic mass is 10.1. The number of aryl methyl sites for hydroxylation is 2. The molecule has 1 aliphatic rings. The van der Waals surface area contributed by atoms with E-state index in [0.717, 1.165) is 36.3 Å². The zero-order valence-electron chi connectivity index (χ0n) is 15.3. The average molecular weight is 334 g/mol. The number of hydrogen-bond acceptors (Lipinski definition) is 5. The van der Waals surface area contributed by atoms with Crippen molar-refractivity contribution in [1.29, 1.82) is 0 Å². The van der Waals surface area contributed by atoms with Crippen LogP contribution >= 0.6 is 0 Å². The number of ether oxygens (including phenoxy) is 1. The minimum absolute atomic E-state index is 0.374. The molecule has 24 heavy (non-hydrogen) atoms. The van der Waals surface area contributed by atoms with Gasteiger partial charge in [-0.25, -0.2) is 4.98 Å². The van der Waals surface area contributed by atoms with Crippen LogP contribution in [-0.2, 0) is 11.2 Å². The van der Waals surface area contributed by atoms with E-state index in [2.05, 4.69) is 26.8 Å². The summed E-state index contributed by atoms with van der Waals surface area (Å²) in [4.78, 5) is 14.7. The molecular formula is C18H27FN4O. The molecule has 0 radical (unpaired) electrons. The molecule has 3 rings (SSSR count). The molecule has 1 aliphatic heterocycles. The molecule has 132 valence electrons. The first-order valence-electron chi connectivity index (χ1n) is 8.75. The van der Waals surface area contributed by atoms with Crippen LogP contribution in [0.5, 0.6) is 0 Å². The lowest BCUT2D eigenvalue weighted by Gasteiger charge is -2.24. The van der Waals surface area contributed by atoms with Crippen LogP contribution in [0.3, 0.4) is 0 Å². The topological polar surface area (TPSA) is 51.1 Å². The van der Waals surface area contributed by atoms with E-state index in [-0.39, 0.29) is 0 Å². The second-order valence-corrected chi connectivity index (χ2v) is 5.90. The van der Waals surface area contributed by atoms with Crippen molar-refractivity contribution in [3.8, 4) is 0 Å². The number of hydrogen-bond donors (Lipinski definition) is 0. The van der Waals surface area contributed by atoms with E-state index < -0.39 is 6.08 Å². The lowest BCUT2D eigenvalue weighted by Crippen LogP contribution is -2.30. The minimum Gasteiger partial charge on any atom is -0.379 e. The van der Waals surface area contributed by atoms with Crippen LogP contribution in [0, 0.1) is 18.9 Å². The predicted molar refractivity (Wildman–Crippen MR) is 95.0 cm³/mol. The van der Waals surface area contributed by atoms with Crippen molar-refractivity contribution < 1.29 is 9.13 Å². The van der Waals surface area contributed by atoms with Gasteiger partial charge in [-0.2, -0.15) is 9.37 Å². The van der Waals surface area contributed by atoms with Gasteiger partial charge in [-0.1, -0.05) is 27.7 Å². The Kier molecular flexibility index (Phi) is 6.43. The quantitative estimate of drug-likeness (QED) is 0.786. The summed E-state index contributed by atoms with van der Waals surface area (Å²) in [5.74, 6) is 1.02. The summed E-state index contributed by atoms with van der Waals surface area (Å²) in [6.07, 6.45) is 0.0769. The molecule has 1 fully saturated rings. The van der Waals surface area contributed by atoms with Crippen molar-refractivity contribution in [2.75, 3.05) is 31.2 Å². The summed E-state index contributed by atoms with van der Waals surface area (Å²) < 4.78 is 19.5. The Balaban J connectivity index is 0.00000100. The molecule has 0 amide bonds. The minimum atomic E-state index is -0.687. The van der Waals surface area contributed by atoms with Crippen LogP contribution in [0.15, 0.2) is 6.07 Å². The van der Waals surface area contributed by atoms with Crippen LogP contribution in [0.25, 0.3) is 10.9 Å². The van der Waals surface area contributed by atoms with Crippen LogP contribution in [-0.4, -0.2) is 41.3 Å². The fourth-order valence-corrected chi connectivity index (χ4v) is 2.97. The fourth-order valence-electron chi connectivity index (χ4n) is 2.97. The Morgan fingerprint density at radius 1 is 1.29 bits per heavy atom. The molecule has 1 atom stereocenters. The van der Waals surface area contributed by atoms with Gasteiger partial charge in [0.2, 0.25) is 0 Å². The number of aromatic nitrogens is 3. The van der Waals surface area contributed by atoms with Gasteiger partial charge in [0.15, 0.2) is 0 Å². The standard InChI is InChI=1S/C16H21FN4O.C2H6/c1-4-12-14-13(7-11(3)18-12)19-16(17)20-15(14)21-5-6-22-9-10(2)8-21;1-2/h7,10H,4-6,8-9H2,1-3H3;1-2H3. The molecule has 0 aliphatic carbocycles. The Labute approximate surface area is 143 Å². The Hall–Kier alpha value is -1.82. The zero-order chi connectivity index (χ0) is 17.7. The molecule has 5 nitrogen and oxygen atoms in total. The van der Waals surface area contributed by atoms with Crippen molar-refractivity contribution >= 4 is 16.7 Å². The first kappa shape index (κ1) is 18.5. The molecular weight excluding hydrogens is 307 g/mol. The second kappa shape index (κ2) is 8.33. The first-order valence-corrected chi connectivity index (χ1v) is 8.75. The van der Waals surface area contributed by atoms with E-state index >= 15 is 0 Å². The van der Waals surface area contributed by atoms with Crippen LogP contribution < -0.4 is 4.90 Å². The highest BCUT2D eigenvalue weighted by Crippen LogP contribution is 2.28. The maximum absolute atomic E-state index is 13.9. The molecule has 0 bridgehead atoms. The number of pyridine rings is 1. The Bertz CT molecular complexity index is 687. The predicted octanol–water partition coefficient (Wildman–Crippen LogP) is 3.53. The lowest BCUT2D eigenvalue weighted by molar-refractivity contribution is 0.129. The number of halogens is 1. The average Bonchev–Trinajstić information content (AvgIpc) is 2.79. The number of anilines is 1. The van der Waals surface area contributed by atoms with Crippen LogP contribution in [0.2, 0.25) is 0 Å². The first-order chi connectivity index (χ1) is 11.6. The third-order valence-electron chi connectivity index (χ3n) is 3.91. The summed E-state index contributed by atoms with van der Waals surface area (Å²) in [6.45, 7) is 12.9. The van der Waals surface area contributed by atoms with E-state index in [9.17, 15) is 4.39 Å². The van der Waals surface area contributed by atoms with Gasteiger partial charge in [0.25, 0.3) is 0 Å². The van der Waals surface area contributed by atoms with Gasteiger partial charge in [-0.05, 0) is 25.3 Å². The van der Waals surface area contributed by atoms with Gasteiger partial charge in [0, 0.05) is 18.8 Å². The third-order valence-corrected chi connectivity index (χ3v) is 3.91. The highest BCUT2D eigenvalue weighted by Gasteiger charge is 2.22. The number of rotatable bonds is 2. The highest BCUT2D eigenvalue weighted by molar-refractivity contribution is 5.91. The molecule has 3 heterocycles. The maximum Gasteiger partial charge on any atom is 0.311 e. The maximum atomic E-state index is 13.9. The SMILES string of the molecule is CC.CCc1nc(C)cc2nc(F)nc(N3CCOCC(C)C3)c12. The Morgan fingerprint density at radius 3 is 2.75 bits per heavy atom. The summed E-state index contributed by atoms with van der Waals surface area (Å²) >= 11 is 0. The normalized spacial score (nSPS) is 18.1. The van der Waals surface area contributed by atoms with E-state index in [1.54, 1.807) is 0 Å². The molecule has 0 N–H and O–H groups in total. The van der Waals surface area contributed by atoms with Gasteiger partial charge in [0.1, 0.15) is 5.82 Å². The highest BCUT2D eigenvalue weighted by atomic mass is 19.1. The van der Waals surface area contributed by atoms with Gasteiger partial charge in [-0.15, -0.1) is 0 Å². The van der Waals surface area contributed by atoms with Crippen molar-refractivity contribution in [3.63, 3.8) is 0 Å². The largest absolute Gasteiger partial charge is 0.379 e. The van der Waals surface area contributed by atoms with Crippen molar-refractivity contribution in [2.45, 2.75) is 41.0 Å². The summed E-state index contributed by atoms with van der Waals surface area (Å²) in [5, 5.41) is 0.864. The number of nitrogens with zero attached hydrogens (tertiary/aromatic N) is 4. The van der Waals surface area contributed by atoms with Gasteiger partial charge < -0.3 is 9.64 Å². The molecule has 1 unspecified atom stereocenters. The molecule has 0 aromatic carbocycles. The number of fused-ring (bicyclic) bond motifs is 1. The van der Waals surface area contributed by atoms with E-state index in [4.69, 9.17) is 4.74 Å². The Morgan fingerprint density at radius 2 is 2.04 bits per heavy atom. The fraction of sp³-hybridized carbons (Fsp3) is 0.611. The zero-order valence-corrected chi connectivity index (χ0v) is 15.3. The second-order valence-electron chi connectivity index (χ2n) is 5.90. The smallest absolute Gasteiger partial charge is 0.311 e. The van der Waals surface area contributed by atoms with Crippen molar-refractivity contribution in [3.05, 3.63) is 23.5 Å². The van der Waals surface area contributed by atoms with Crippen LogP contribution in [0.1, 0.15) is 39.1 Å². The third kappa shape index (κ3) is 3.98. The molecule has 6 heteroatoms.